The van der Waals surface area contributed by atoms with Crippen LogP contribution < -0.4 is 10.6 Å². The van der Waals surface area contributed by atoms with Gasteiger partial charge < -0.3 is 15.4 Å². The lowest BCUT2D eigenvalue weighted by Gasteiger charge is -2.33. The van der Waals surface area contributed by atoms with Gasteiger partial charge in [0.25, 0.3) is 0 Å². The van der Waals surface area contributed by atoms with Gasteiger partial charge in [0.2, 0.25) is 0 Å². The Hall–Kier alpha value is -0.860. The molecule has 1 saturated carbocycles. The van der Waals surface area contributed by atoms with Crippen molar-refractivity contribution in [1.29, 1.82) is 0 Å². The molecule has 2 aliphatic rings. The van der Waals surface area contributed by atoms with Gasteiger partial charge in [-0.1, -0.05) is 30.3 Å². The fourth-order valence-corrected chi connectivity index (χ4v) is 3.48. The van der Waals surface area contributed by atoms with E-state index >= 15 is 0 Å². The second-order valence-corrected chi connectivity index (χ2v) is 7.81. The first-order valence-electron chi connectivity index (χ1n) is 10.7. The van der Waals surface area contributed by atoms with E-state index in [9.17, 15) is 0 Å². The van der Waals surface area contributed by atoms with E-state index in [-0.39, 0.29) is 24.0 Å². The van der Waals surface area contributed by atoms with Crippen LogP contribution in [-0.2, 0) is 11.3 Å². The van der Waals surface area contributed by atoms with Crippen molar-refractivity contribution in [2.75, 3.05) is 39.4 Å². The monoisotopic (exact) mass is 500 g/mol. The summed E-state index contributed by atoms with van der Waals surface area (Å²) in [5, 5.41) is 7.02. The van der Waals surface area contributed by atoms with Crippen molar-refractivity contribution in [1.82, 2.24) is 15.5 Å². The average Bonchev–Trinajstić information content (AvgIpc) is 3.51. The van der Waals surface area contributed by atoms with Crippen LogP contribution in [0.25, 0.3) is 0 Å². The maximum absolute atomic E-state index is 5.69. The van der Waals surface area contributed by atoms with E-state index in [1.54, 1.807) is 0 Å². The van der Waals surface area contributed by atoms with Crippen molar-refractivity contribution in [2.45, 2.75) is 51.6 Å². The number of benzene rings is 1. The lowest BCUT2D eigenvalue weighted by Crippen LogP contribution is -2.48. The Morgan fingerprint density at radius 2 is 1.89 bits per heavy atom. The van der Waals surface area contributed by atoms with E-state index < -0.39 is 0 Å². The van der Waals surface area contributed by atoms with Gasteiger partial charge in [-0.05, 0) is 50.5 Å². The number of likely N-dealkylation sites (tertiary alicyclic amines) is 1. The van der Waals surface area contributed by atoms with E-state index in [0.29, 0.717) is 6.04 Å². The molecular formula is C22H37IN4O. The number of piperidine rings is 1. The highest BCUT2D eigenvalue weighted by atomic mass is 127. The van der Waals surface area contributed by atoms with Gasteiger partial charge in [-0.3, -0.25) is 9.89 Å². The number of rotatable bonds is 10. The quantitative estimate of drug-likeness (QED) is 0.223. The molecule has 2 N–H and O–H groups in total. The number of aliphatic imine (C=N–C) groups is 1. The molecule has 6 heteroatoms. The molecule has 1 heterocycles. The molecule has 0 bridgehead atoms. The fourth-order valence-electron chi connectivity index (χ4n) is 3.48. The van der Waals surface area contributed by atoms with Crippen LogP contribution in [0.5, 0.6) is 0 Å². The summed E-state index contributed by atoms with van der Waals surface area (Å²) in [6.45, 7) is 8.97. The third kappa shape index (κ3) is 9.09. The molecule has 1 aromatic rings. The third-order valence-corrected chi connectivity index (χ3v) is 5.29. The summed E-state index contributed by atoms with van der Waals surface area (Å²) in [6.07, 6.45) is 6.05. The van der Waals surface area contributed by atoms with Gasteiger partial charge in [0.1, 0.15) is 0 Å². The smallest absolute Gasteiger partial charge is 0.191 e. The number of hydrogen-bond acceptors (Lipinski definition) is 3. The number of guanidine groups is 1. The van der Waals surface area contributed by atoms with Crippen LogP contribution in [0.4, 0.5) is 0 Å². The predicted octanol–water partition coefficient (Wildman–Crippen LogP) is 3.64. The van der Waals surface area contributed by atoms with Gasteiger partial charge in [0.05, 0.1) is 0 Å². The molecule has 1 aliphatic carbocycles. The Kier molecular flexibility index (Phi) is 11.2. The van der Waals surface area contributed by atoms with Gasteiger partial charge in [-0.15, -0.1) is 24.0 Å². The maximum Gasteiger partial charge on any atom is 0.191 e. The first-order chi connectivity index (χ1) is 13.3. The Balaban J connectivity index is 0.00000280. The van der Waals surface area contributed by atoms with Crippen molar-refractivity contribution in [3.8, 4) is 0 Å². The SMILES string of the molecule is CCNC(=NCCCOCC1CC1)NC1CCN(Cc2ccccc2)CC1.I. The molecule has 158 valence electrons. The molecular weight excluding hydrogens is 463 g/mol. The van der Waals surface area contributed by atoms with Crippen LogP contribution in [0.2, 0.25) is 0 Å². The highest BCUT2D eigenvalue weighted by molar-refractivity contribution is 14.0. The normalized spacial score (nSPS) is 18.5. The molecule has 3 rings (SSSR count). The average molecular weight is 500 g/mol. The van der Waals surface area contributed by atoms with Crippen LogP contribution in [0.1, 0.15) is 44.6 Å². The van der Waals surface area contributed by atoms with Crippen molar-refractivity contribution in [2.24, 2.45) is 10.9 Å². The van der Waals surface area contributed by atoms with Gasteiger partial charge in [-0.25, -0.2) is 0 Å². The first-order valence-corrected chi connectivity index (χ1v) is 10.7. The number of ether oxygens (including phenoxy) is 1. The van der Waals surface area contributed by atoms with Crippen molar-refractivity contribution in [3.05, 3.63) is 35.9 Å². The molecule has 1 aliphatic heterocycles. The van der Waals surface area contributed by atoms with E-state index in [4.69, 9.17) is 9.73 Å². The molecule has 0 unspecified atom stereocenters. The maximum atomic E-state index is 5.69. The Morgan fingerprint density at radius 3 is 2.57 bits per heavy atom. The Morgan fingerprint density at radius 1 is 1.14 bits per heavy atom. The number of hydrogen-bond donors (Lipinski definition) is 2. The minimum atomic E-state index is 0. The number of halogens is 1. The molecule has 0 amide bonds. The molecule has 5 nitrogen and oxygen atoms in total. The summed E-state index contributed by atoms with van der Waals surface area (Å²) in [6, 6.07) is 11.3. The largest absolute Gasteiger partial charge is 0.381 e. The zero-order chi connectivity index (χ0) is 18.7. The minimum Gasteiger partial charge on any atom is -0.381 e. The van der Waals surface area contributed by atoms with Crippen LogP contribution in [0, 0.1) is 5.92 Å². The summed E-state index contributed by atoms with van der Waals surface area (Å²) in [7, 11) is 0. The topological polar surface area (TPSA) is 48.9 Å². The number of nitrogens with one attached hydrogen (secondary N) is 2. The number of nitrogens with zero attached hydrogens (tertiary/aromatic N) is 2. The van der Waals surface area contributed by atoms with E-state index in [1.165, 1.54) is 31.2 Å². The van der Waals surface area contributed by atoms with Crippen molar-refractivity contribution >= 4 is 29.9 Å². The predicted molar refractivity (Wildman–Crippen MR) is 127 cm³/mol. The first kappa shape index (κ1) is 23.4. The summed E-state index contributed by atoms with van der Waals surface area (Å²) in [5.41, 5.74) is 1.41. The zero-order valence-corrected chi connectivity index (χ0v) is 19.6. The van der Waals surface area contributed by atoms with Gasteiger partial charge in [0, 0.05) is 52.0 Å². The van der Waals surface area contributed by atoms with Crippen LogP contribution in [0.3, 0.4) is 0 Å². The second kappa shape index (κ2) is 13.4. The van der Waals surface area contributed by atoms with Crippen molar-refractivity contribution < 1.29 is 4.74 Å². The Labute approximate surface area is 187 Å². The minimum absolute atomic E-state index is 0. The van der Waals surface area contributed by atoms with Gasteiger partial charge in [0.15, 0.2) is 5.96 Å². The second-order valence-electron chi connectivity index (χ2n) is 7.81. The zero-order valence-electron chi connectivity index (χ0n) is 17.2. The van der Waals surface area contributed by atoms with E-state index in [1.807, 2.05) is 0 Å². The molecule has 1 aromatic carbocycles. The molecule has 0 aromatic heterocycles. The summed E-state index contributed by atoms with van der Waals surface area (Å²) < 4.78 is 5.69. The summed E-state index contributed by atoms with van der Waals surface area (Å²) >= 11 is 0. The van der Waals surface area contributed by atoms with Crippen LogP contribution in [-0.4, -0.2) is 56.3 Å². The highest BCUT2D eigenvalue weighted by Crippen LogP contribution is 2.28. The molecule has 1 saturated heterocycles. The summed E-state index contributed by atoms with van der Waals surface area (Å²) in [5.74, 6) is 1.81. The molecule has 28 heavy (non-hydrogen) atoms. The lowest BCUT2D eigenvalue weighted by molar-refractivity contribution is 0.123. The van der Waals surface area contributed by atoms with Crippen molar-refractivity contribution in [3.63, 3.8) is 0 Å². The van der Waals surface area contributed by atoms with Gasteiger partial charge in [-0.2, -0.15) is 0 Å². The van der Waals surface area contributed by atoms with E-state index in [0.717, 1.165) is 64.2 Å². The van der Waals surface area contributed by atoms with Crippen LogP contribution >= 0.6 is 24.0 Å². The van der Waals surface area contributed by atoms with Crippen LogP contribution in [0.15, 0.2) is 35.3 Å². The fraction of sp³-hybridized carbons (Fsp3) is 0.682. The van der Waals surface area contributed by atoms with E-state index in [2.05, 4.69) is 52.8 Å². The summed E-state index contributed by atoms with van der Waals surface area (Å²) in [4.78, 5) is 7.28. The molecule has 2 fully saturated rings. The lowest BCUT2D eigenvalue weighted by atomic mass is 10.0. The molecule has 0 atom stereocenters. The highest BCUT2D eigenvalue weighted by Gasteiger charge is 2.21. The molecule has 0 spiro atoms. The van der Waals surface area contributed by atoms with Gasteiger partial charge >= 0.3 is 0 Å². The third-order valence-electron chi connectivity index (χ3n) is 5.29. The molecule has 0 radical (unpaired) electrons. The Bertz CT molecular complexity index is 557. The standard InChI is InChI=1S/C22H36N4O.HI/c1-2-23-22(24-13-6-16-27-18-20-9-10-20)25-21-11-14-26(15-12-21)17-19-7-4-3-5-8-19;/h3-5,7-8,20-21H,2,6,9-18H2,1H3,(H2,23,24,25);1H.